The Morgan fingerprint density at radius 1 is 1.32 bits per heavy atom. The molecule has 22 heavy (non-hydrogen) atoms. The van der Waals surface area contributed by atoms with Crippen molar-refractivity contribution in [1.29, 1.82) is 0 Å². The third-order valence-corrected chi connectivity index (χ3v) is 4.93. The maximum atomic E-state index is 12.0. The van der Waals surface area contributed by atoms with Crippen molar-refractivity contribution in [2.45, 2.75) is 25.2 Å². The van der Waals surface area contributed by atoms with Gasteiger partial charge >= 0.3 is 133 Å². The van der Waals surface area contributed by atoms with Crippen LogP contribution in [0.2, 0.25) is 5.21 Å². The number of ether oxygens (including phenoxy) is 1. The van der Waals surface area contributed by atoms with E-state index in [-0.39, 0.29) is 27.3 Å². The van der Waals surface area contributed by atoms with E-state index in [9.17, 15) is 14.7 Å². The fourth-order valence-electron chi connectivity index (χ4n) is 1.90. The van der Waals surface area contributed by atoms with Gasteiger partial charge in [-0.15, -0.1) is 0 Å². The van der Waals surface area contributed by atoms with Crippen molar-refractivity contribution in [3.8, 4) is 11.5 Å². The van der Waals surface area contributed by atoms with Crippen molar-refractivity contribution in [2.75, 3.05) is 0 Å². The molecule has 1 atom stereocenters. The molecule has 7 heteroatoms. The second-order valence-corrected chi connectivity index (χ2v) is 7.39. The van der Waals surface area contributed by atoms with Crippen molar-refractivity contribution < 1.29 is 24.5 Å². The van der Waals surface area contributed by atoms with Gasteiger partial charge in [0.15, 0.2) is 0 Å². The summed E-state index contributed by atoms with van der Waals surface area (Å²) in [6, 6.07) is 6.65. The van der Waals surface area contributed by atoms with Crippen LogP contribution in [0.1, 0.15) is 24.3 Å². The van der Waals surface area contributed by atoms with E-state index in [0.717, 1.165) is 0 Å². The molecule has 0 aliphatic carbocycles. The van der Waals surface area contributed by atoms with E-state index >= 15 is 0 Å². The number of hydrogen-bond acceptors (Lipinski definition) is 5. The van der Waals surface area contributed by atoms with Crippen LogP contribution in [0.4, 0.5) is 0 Å². The van der Waals surface area contributed by atoms with E-state index < -0.39 is 21.7 Å². The number of aliphatic carboxylic acids is 1. The van der Waals surface area contributed by atoms with E-state index in [1.807, 2.05) is 13.8 Å². The van der Waals surface area contributed by atoms with Crippen molar-refractivity contribution in [3.63, 3.8) is 0 Å². The minimum absolute atomic E-state index is 0.0290. The molecule has 116 valence electrons. The normalized spacial score (nSPS) is 11.4. The van der Waals surface area contributed by atoms with Gasteiger partial charge in [0.05, 0.1) is 0 Å². The molecule has 0 radical (unpaired) electrons. The predicted molar refractivity (Wildman–Crippen MR) is 83.1 cm³/mol. The summed E-state index contributed by atoms with van der Waals surface area (Å²) >= 11 is -1.38. The zero-order valence-corrected chi connectivity index (χ0v) is 14.3. The number of aromatic hydroxyl groups is 1. The van der Waals surface area contributed by atoms with E-state index in [1.54, 1.807) is 18.2 Å². The number of carbonyl (C=O) groups excluding carboxylic acids is 1. The second-order valence-electron chi connectivity index (χ2n) is 4.95. The number of hydrogen-bond donors (Lipinski definition) is 2. The molecule has 1 aromatic heterocycles. The topological polar surface area (TPSA) is 96.7 Å². The van der Waals surface area contributed by atoms with E-state index in [0.29, 0.717) is 16.7 Å². The molecule has 0 fully saturated rings. The van der Waals surface area contributed by atoms with Gasteiger partial charge in [-0.3, -0.25) is 0 Å². The fraction of sp³-hybridized carbons (Fsp3) is 0.267. The Bertz CT molecular complexity index is 729. The average Bonchev–Trinajstić information content (AvgIpc) is 2.43. The summed E-state index contributed by atoms with van der Waals surface area (Å²) in [7, 11) is 0. The van der Waals surface area contributed by atoms with Crippen LogP contribution in [-0.2, 0) is 4.79 Å². The summed E-state index contributed by atoms with van der Waals surface area (Å²) < 4.78 is 5.20. The van der Waals surface area contributed by atoms with Crippen LogP contribution < -0.4 is 4.74 Å². The standard InChI is InChI=1S/C15H16AsNO5/c1-8(2)22-10-3-4-11-9(5-10)6-12(18)14(17-11)15(21)16-7-13(19)20/h3-6,8,16,18H,7H2,1-2H3,(H,19,20). The van der Waals surface area contributed by atoms with Gasteiger partial charge < -0.3 is 0 Å². The number of nitrogens with zero attached hydrogens (tertiary/aromatic N) is 1. The molecule has 2 aromatic rings. The second kappa shape index (κ2) is 6.79. The molecular formula is C15H16AsNO5. The van der Waals surface area contributed by atoms with Crippen molar-refractivity contribution in [1.82, 2.24) is 4.98 Å². The number of aromatic nitrogens is 1. The molecule has 2 rings (SSSR count). The molecule has 0 aliphatic heterocycles. The minimum atomic E-state index is -1.38. The van der Waals surface area contributed by atoms with Crippen LogP contribution in [0.15, 0.2) is 24.3 Å². The molecule has 0 aliphatic rings. The monoisotopic (exact) mass is 365 g/mol. The van der Waals surface area contributed by atoms with Gasteiger partial charge in [0.1, 0.15) is 0 Å². The van der Waals surface area contributed by atoms with Crippen molar-refractivity contribution in [3.05, 3.63) is 30.0 Å². The Morgan fingerprint density at radius 2 is 2.05 bits per heavy atom. The molecule has 1 heterocycles. The van der Waals surface area contributed by atoms with Crippen LogP contribution in [-0.4, -0.2) is 47.6 Å². The Kier molecular flexibility index (Phi) is 5.03. The number of carbonyl (C=O) groups is 2. The molecule has 1 aromatic carbocycles. The Hall–Kier alpha value is -2.07. The SMILES string of the molecule is CC(C)Oc1ccc2nc(C(=O)[AsH]CC(=O)O)c(O)cc2c1. The van der Waals surface area contributed by atoms with Gasteiger partial charge in [0.25, 0.3) is 0 Å². The van der Waals surface area contributed by atoms with Crippen LogP contribution in [0, 0.1) is 0 Å². The Morgan fingerprint density at radius 3 is 2.68 bits per heavy atom. The Balaban J connectivity index is 2.33. The van der Waals surface area contributed by atoms with Gasteiger partial charge in [-0.1, -0.05) is 0 Å². The molecular weight excluding hydrogens is 349 g/mol. The molecule has 0 spiro atoms. The summed E-state index contributed by atoms with van der Waals surface area (Å²) in [6.45, 7) is 3.82. The first-order chi connectivity index (χ1) is 10.4. The van der Waals surface area contributed by atoms with Gasteiger partial charge in [0, 0.05) is 0 Å². The van der Waals surface area contributed by atoms with E-state index in [1.165, 1.54) is 6.07 Å². The van der Waals surface area contributed by atoms with Gasteiger partial charge in [-0.2, -0.15) is 0 Å². The summed E-state index contributed by atoms with van der Waals surface area (Å²) in [6.07, 6.45) is 0.0290. The van der Waals surface area contributed by atoms with Gasteiger partial charge in [-0.05, 0) is 0 Å². The van der Waals surface area contributed by atoms with E-state index in [2.05, 4.69) is 4.98 Å². The molecule has 2 N–H and O–H groups in total. The van der Waals surface area contributed by atoms with Crippen LogP contribution in [0.3, 0.4) is 0 Å². The quantitative estimate of drug-likeness (QED) is 0.758. The first kappa shape index (κ1) is 16.3. The third kappa shape index (κ3) is 3.98. The zero-order chi connectivity index (χ0) is 16.3. The molecule has 0 saturated carbocycles. The van der Waals surface area contributed by atoms with Gasteiger partial charge in [0.2, 0.25) is 0 Å². The molecule has 0 saturated heterocycles. The zero-order valence-electron chi connectivity index (χ0n) is 12.2. The number of rotatable bonds is 6. The van der Waals surface area contributed by atoms with Crippen molar-refractivity contribution in [2.24, 2.45) is 0 Å². The van der Waals surface area contributed by atoms with Crippen LogP contribution in [0.25, 0.3) is 10.9 Å². The number of carboxylic acid groups (broad SMARTS) is 1. The van der Waals surface area contributed by atoms with Crippen LogP contribution in [0.5, 0.6) is 11.5 Å². The first-order valence-corrected chi connectivity index (χ1v) is 9.20. The summed E-state index contributed by atoms with van der Waals surface area (Å²) in [5.41, 5.74) is 0.505. The molecule has 0 bridgehead atoms. The number of carboxylic acids is 1. The Labute approximate surface area is 133 Å². The van der Waals surface area contributed by atoms with E-state index in [4.69, 9.17) is 9.84 Å². The molecule has 0 amide bonds. The maximum absolute atomic E-state index is 12.0. The summed E-state index contributed by atoms with van der Waals surface area (Å²) in [4.78, 5) is 26.7. The molecule has 6 nitrogen and oxygen atoms in total. The summed E-state index contributed by atoms with van der Waals surface area (Å²) in [5.74, 6) is -0.584. The molecule has 1 unspecified atom stereocenters. The number of pyridine rings is 1. The third-order valence-electron chi connectivity index (χ3n) is 2.75. The van der Waals surface area contributed by atoms with Gasteiger partial charge in [-0.25, -0.2) is 0 Å². The van der Waals surface area contributed by atoms with Crippen LogP contribution >= 0.6 is 0 Å². The number of fused-ring (bicyclic) bond motifs is 1. The average molecular weight is 365 g/mol. The predicted octanol–water partition coefficient (Wildman–Crippen LogP) is 1.81. The fourth-order valence-corrected chi connectivity index (χ4v) is 3.29. The van der Waals surface area contributed by atoms with Crippen molar-refractivity contribution >= 4 is 37.2 Å². The summed E-state index contributed by atoms with van der Waals surface area (Å²) in [5, 5.41) is 19.1. The number of benzene rings is 1. The first-order valence-electron chi connectivity index (χ1n) is 6.67.